The predicted molar refractivity (Wildman–Crippen MR) is 126 cm³/mol. The minimum absolute atomic E-state index is 0.289. The van der Waals surface area contributed by atoms with Crippen molar-refractivity contribution in [3.05, 3.63) is 72.2 Å². The molecule has 9 heteroatoms. The Morgan fingerprint density at radius 1 is 0.970 bits per heavy atom. The van der Waals surface area contributed by atoms with Gasteiger partial charge in [0.05, 0.1) is 31.4 Å². The Kier molecular flexibility index (Phi) is 5.35. The highest BCUT2D eigenvalue weighted by Crippen LogP contribution is 2.35. The van der Waals surface area contributed by atoms with Crippen molar-refractivity contribution in [2.45, 2.75) is 6.54 Å². The molecule has 0 amide bonds. The van der Waals surface area contributed by atoms with Gasteiger partial charge in [0, 0.05) is 29.1 Å². The fourth-order valence-corrected chi connectivity index (χ4v) is 3.62. The summed E-state index contributed by atoms with van der Waals surface area (Å²) in [5, 5.41) is 15.3. The minimum atomic E-state index is -0.289. The summed E-state index contributed by atoms with van der Waals surface area (Å²) in [6.45, 7) is 0.372. The van der Waals surface area contributed by atoms with Crippen molar-refractivity contribution in [3.63, 3.8) is 0 Å². The molecule has 0 radical (unpaired) electrons. The molecule has 0 bridgehead atoms. The van der Waals surface area contributed by atoms with Crippen molar-refractivity contribution >= 4 is 39.3 Å². The van der Waals surface area contributed by atoms with E-state index in [1.54, 1.807) is 32.5 Å². The lowest BCUT2D eigenvalue weighted by molar-refractivity contribution is 0.356. The fraction of sp³-hybridized carbons (Fsp3) is 0.125. The number of hydrogen-bond donors (Lipinski definition) is 3. The zero-order valence-electron chi connectivity index (χ0n) is 18.0. The van der Waals surface area contributed by atoms with E-state index in [0.717, 1.165) is 27.5 Å². The number of fused-ring (bicyclic) bond motifs is 2. The standard InChI is InChI=1S/C24H21FN6O2/c1-32-21-10-18-20(11-22(21)33-2)29-24(26-12-14-4-3-5-16(25)8-14)30-23(18)28-17-6-7-19-15(9-17)13-27-31-19/h3-11,13H,12H2,1-2H3,(H,27,31)(H2,26,28,29,30). The van der Waals surface area contributed by atoms with Crippen molar-refractivity contribution in [2.75, 3.05) is 24.9 Å². The Morgan fingerprint density at radius 2 is 1.82 bits per heavy atom. The molecule has 0 aliphatic rings. The van der Waals surface area contributed by atoms with Gasteiger partial charge in [0.15, 0.2) is 11.5 Å². The minimum Gasteiger partial charge on any atom is -0.493 e. The van der Waals surface area contributed by atoms with Crippen molar-refractivity contribution in [3.8, 4) is 11.5 Å². The first-order valence-corrected chi connectivity index (χ1v) is 10.2. The summed E-state index contributed by atoms with van der Waals surface area (Å²) >= 11 is 0. The molecule has 0 saturated carbocycles. The van der Waals surface area contributed by atoms with Crippen molar-refractivity contribution in [1.82, 2.24) is 20.2 Å². The van der Waals surface area contributed by atoms with Crippen LogP contribution in [0.1, 0.15) is 5.56 Å². The summed E-state index contributed by atoms with van der Waals surface area (Å²) in [5.74, 6) is 1.83. The van der Waals surface area contributed by atoms with Crippen LogP contribution in [-0.4, -0.2) is 34.4 Å². The van der Waals surface area contributed by atoms with Crippen LogP contribution in [0.25, 0.3) is 21.8 Å². The van der Waals surface area contributed by atoms with E-state index in [2.05, 4.69) is 30.8 Å². The Labute approximate surface area is 188 Å². The fourth-order valence-electron chi connectivity index (χ4n) is 3.62. The Bertz CT molecular complexity index is 1450. The van der Waals surface area contributed by atoms with Gasteiger partial charge in [0.1, 0.15) is 11.6 Å². The first-order valence-electron chi connectivity index (χ1n) is 10.2. The van der Waals surface area contributed by atoms with Crippen LogP contribution in [-0.2, 0) is 6.54 Å². The maximum absolute atomic E-state index is 13.5. The van der Waals surface area contributed by atoms with E-state index < -0.39 is 0 Å². The molecule has 3 aromatic carbocycles. The van der Waals surface area contributed by atoms with Crippen LogP contribution < -0.4 is 20.1 Å². The molecule has 0 unspecified atom stereocenters. The molecule has 0 fully saturated rings. The van der Waals surface area contributed by atoms with Crippen LogP contribution >= 0.6 is 0 Å². The van der Waals surface area contributed by atoms with Gasteiger partial charge in [-0.05, 0) is 42.0 Å². The maximum atomic E-state index is 13.5. The number of benzene rings is 3. The number of hydrogen-bond acceptors (Lipinski definition) is 7. The van der Waals surface area contributed by atoms with Gasteiger partial charge in [0.2, 0.25) is 5.95 Å². The quantitative estimate of drug-likeness (QED) is 0.324. The molecule has 2 aromatic heterocycles. The number of aromatic nitrogens is 4. The molecule has 0 aliphatic carbocycles. The highest BCUT2D eigenvalue weighted by Gasteiger charge is 2.14. The van der Waals surface area contributed by atoms with E-state index in [1.807, 2.05) is 30.3 Å². The Balaban J connectivity index is 1.55. The lowest BCUT2D eigenvalue weighted by atomic mass is 10.2. The third-order valence-corrected chi connectivity index (χ3v) is 5.24. The number of anilines is 3. The van der Waals surface area contributed by atoms with Crippen molar-refractivity contribution < 1.29 is 13.9 Å². The Hall–Kier alpha value is -4.40. The molecule has 0 saturated heterocycles. The highest BCUT2D eigenvalue weighted by molar-refractivity contribution is 5.95. The second-order valence-electron chi connectivity index (χ2n) is 7.40. The van der Waals surface area contributed by atoms with E-state index in [4.69, 9.17) is 9.47 Å². The monoisotopic (exact) mass is 444 g/mol. The van der Waals surface area contributed by atoms with Crippen LogP contribution in [0.5, 0.6) is 11.5 Å². The first kappa shape index (κ1) is 20.5. The number of rotatable bonds is 7. The number of nitrogens with one attached hydrogen (secondary N) is 3. The molecule has 0 aliphatic heterocycles. The SMILES string of the molecule is COc1cc2nc(NCc3cccc(F)c3)nc(Nc3ccc4[nH]ncc4c3)c2cc1OC. The van der Waals surface area contributed by atoms with Crippen LogP contribution in [0.3, 0.4) is 0 Å². The van der Waals surface area contributed by atoms with E-state index in [-0.39, 0.29) is 5.82 Å². The molecule has 3 N–H and O–H groups in total. The third kappa shape index (κ3) is 4.20. The zero-order valence-corrected chi connectivity index (χ0v) is 18.0. The number of halogens is 1. The maximum Gasteiger partial charge on any atom is 0.225 e. The molecule has 0 atom stereocenters. The summed E-state index contributed by atoms with van der Waals surface area (Å²) in [4.78, 5) is 9.32. The zero-order chi connectivity index (χ0) is 22.8. The van der Waals surface area contributed by atoms with Crippen LogP contribution in [0.15, 0.2) is 60.8 Å². The second-order valence-corrected chi connectivity index (χ2v) is 7.40. The first-order chi connectivity index (χ1) is 16.1. The average molecular weight is 444 g/mol. The smallest absolute Gasteiger partial charge is 0.225 e. The molecule has 166 valence electrons. The van der Waals surface area contributed by atoms with Crippen molar-refractivity contribution in [2.24, 2.45) is 0 Å². The molecule has 2 heterocycles. The van der Waals surface area contributed by atoms with E-state index in [9.17, 15) is 4.39 Å². The summed E-state index contributed by atoms with van der Waals surface area (Å²) in [7, 11) is 3.16. The van der Waals surface area contributed by atoms with Crippen LogP contribution in [0.4, 0.5) is 21.8 Å². The van der Waals surface area contributed by atoms with Gasteiger partial charge in [-0.15, -0.1) is 0 Å². The van der Waals surface area contributed by atoms with E-state index >= 15 is 0 Å². The molecule has 8 nitrogen and oxygen atoms in total. The predicted octanol–water partition coefficient (Wildman–Crippen LogP) is 5.02. The van der Waals surface area contributed by atoms with Crippen LogP contribution in [0, 0.1) is 5.82 Å². The molecule has 5 aromatic rings. The molecular weight excluding hydrogens is 423 g/mol. The number of methoxy groups -OCH3 is 2. The second kappa shape index (κ2) is 8.62. The summed E-state index contributed by atoms with van der Waals surface area (Å²) in [6.07, 6.45) is 1.76. The van der Waals surface area contributed by atoms with Gasteiger partial charge >= 0.3 is 0 Å². The van der Waals surface area contributed by atoms with E-state index in [1.165, 1.54) is 12.1 Å². The summed E-state index contributed by atoms with van der Waals surface area (Å²) in [5.41, 5.74) is 3.23. The van der Waals surface area contributed by atoms with Crippen LogP contribution in [0.2, 0.25) is 0 Å². The van der Waals surface area contributed by atoms with E-state index in [0.29, 0.717) is 35.3 Å². The Morgan fingerprint density at radius 3 is 2.64 bits per heavy atom. The number of ether oxygens (including phenoxy) is 2. The molecule has 5 rings (SSSR count). The molecular formula is C24H21FN6O2. The third-order valence-electron chi connectivity index (χ3n) is 5.24. The lowest BCUT2D eigenvalue weighted by Crippen LogP contribution is -2.06. The van der Waals surface area contributed by atoms with Gasteiger partial charge < -0.3 is 20.1 Å². The summed E-state index contributed by atoms with van der Waals surface area (Å²) < 4.78 is 24.5. The number of aromatic amines is 1. The van der Waals surface area contributed by atoms with Gasteiger partial charge in [-0.2, -0.15) is 10.1 Å². The normalized spacial score (nSPS) is 11.0. The van der Waals surface area contributed by atoms with Gasteiger partial charge in [0.25, 0.3) is 0 Å². The highest BCUT2D eigenvalue weighted by atomic mass is 19.1. The topological polar surface area (TPSA) is 97.0 Å². The summed E-state index contributed by atoms with van der Waals surface area (Å²) in [6, 6.07) is 15.9. The van der Waals surface area contributed by atoms with Gasteiger partial charge in [-0.25, -0.2) is 9.37 Å². The number of H-pyrrole nitrogens is 1. The van der Waals surface area contributed by atoms with Gasteiger partial charge in [-0.3, -0.25) is 5.10 Å². The molecule has 33 heavy (non-hydrogen) atoms. The number of nitrogens with zero attached hydrogens (tertiary/aromatic N) is 3. The largest absolute Gasteiger partial charge is 0.493 e. The lowest BCUT2D eigenvalue weighted by Gasteiger charge is -2.14. The average Bonchev–Trinajstić information content (AvgIpc) is 3.30. The molecule has 0 spiro atoms. The van der Waals surface area contributed by atoms with Gasteiger partial charge in [-0.1, -0.05) is 12.1 Å². The van der Waals surface area contributed by atoms with Crippen molar-refractivity contribution in [1.29, 1.82) is 0 Å².